The number of fused-ring (bicyclic) bond motifs is 7. The van der Waals surface area contributed by atoms with Crippen molar-refractivity contribution < 1.29 is 28.8 Å². The molecule has 1 saturated heterocycles. The number of amides is 2. The molecule has 3 aromatic rings. The van der Waals surface area contributed by atoms with Gasteiger partial charge in [-0.3, -0.25) is 24.6 Å². The maximum Gasteiger partial charge on any atom is 0.344 e. The van der Waals surface area contributed by atoms with Gasteiger partial charge in [-0.15, -0.1) is 0 Å². The van der Waals surface area contributed by atoms with Crippen molar-refractivity contribution in [3.63, 3.8) is 0 Å². The lowest BCUT2D eigenvalue weighted by molar-refractivity contribution is -0.385. The van der Waals surface area contributed by atoms with Gasteiger partial charge in [0.15, 0.2) is 12.4 Å². The molecule has 4 atom stereocenters. The minimum Gasteiger partial charge on any atom is -0.475 e. The van der Waals surface area contributed by atoms with Gasteiger partial charge in [-0.1, -0.05) is 60.7 Å². The molecular formula is C29H22N2O7. The van der Waals surface area contributed by atoms with Crippen LogP contribution >= 0.6 is 0 Å². The van der Waals surface area contributed by atoms with Gasteiger partial charge in [-0.25, -0.2) is 4.79 Å². The Morgan fingerprint density at radius 3 is 2.03 bits per heavy atom. The van der Waals surface area contributed by atoms with E-state index in [1.807, 2.05) is 24.3 Å². The molecule has 3 aromatic carbocycles. The summed E-state index contributed by atoms with van der Waals surface area (Å²) in [4.78, 5) is 51.2. The van der Waals surface area contributed by atoms with Gasteiger partial charge in [-0.05, 0) is 28.3 Å². The van der Waals surface area contributed by atoms with Gasteiger partial charge in [0.2, 0.25) is 11.8 Å². The molecule has 9 nitrogen and oxygen atoms in total. The van der Waals surface area contributed by atoms with E-state index in [9.17, 15) is 24.5 Å². The molecule has 1 heterocycles. The number of para-hydroxylation sites is 2. The molecule has 190 valence electrons. The fraction of sp³-hybridized carbons (Fsp3) is 0.276. The molecule has 38 heavy (non-hydrogen) atoms. The van der Waals surface area contributed by atoms with Crippen LogP contribution in [0.25, 0.3) is 0 Å². The standard InChI is InChI=1S/C29H22N2O7/c32-22(15-38-21-12-6-5-11-20(21)31(35)36)37-14-13-30-27(33)23-24(28(30)34)26-17-8-2-4-10-19(17)29(26)18-9-3-1-7-16(18)25(23)29/h1-12,23-26H,13-15H2/t23-,24-,25+,26+,29?/m0/s1. The highest BCUT2D eigenvalue weighted by atomic mass is 16.6. The van der Waals surface area contributed by atoms with E-state index in [1.165, 1.54) is 34.2 Å². The molecule has 2 amide bonds. The Morgan fingerprint density at radius 2 is 1.42 bits per heavy atom. The topological polar surface area (TPSA) is 116 Å². The summed E-state index contributed by atoms with van der Waals surface area (Å²) in [6, 6.07) is 22.1. The Balaban J connectivity index is 1.05. The number of ether oxygens (including phenoxy) is 2. The van der Waals surface area contributed by atoms with Crippen molar-refractivity contribution in [1.29, 1.82) is 0 Å². The number of carbonyl (C=O) groups excluding carboxylic acids is 3. The van der Waals surface area contributed by atoms with E-state index in [2.05, 4.69) is 24.3 Å². The summed E-state index contributed by atoms with van der Waals surface area (Å²) in [5.41, 5.74) is 4.20. The number of nitro groups is 1. The van der Waals surface area contributed by atoms with Crippen molar-refractivity contribution in [3.8, 4) is 5.75 Å². The summed E-state index contributed by atoms with van der Waals surface area (Å²) in [6.07, 6.45) is 0. The molecule has 9 heteroatoms. The zero-order valence-corrected chi connectivity index (χ0v) is 20.1. The minimum absolute atomic E-state index is 0.0392. The minimum atomic E-state index is -0.748. The largest absolute Gasteiger partial charge is 0.475 e. The predicted molar refractivity (Wildman–Crippen MR) is 132 cm³/mol. The van der Waals surface area contributed by atoms with Gasteiger partial charge in [0.25, 0.3) is 0 Å². The Morgan fingerprint density at radius 1 is 0.868 bits per heavy atom. The van der Waals surface area contributed by atoms with Gasteiger partial charge in [0.05, 0.1) is 23.3 Å². The van der Waals surface area contributed by atoms with Gasteiger partial charge < -0.3 is 9.47 Å². The van der Waals surface area contributed by atoms with Crippen LogP contribution in [0, 0.1) is 22.0 Å². The third-order valence-corrected chi connectivity index (χ3v) is 8.66. The Bertz CT molecular complexity index is 1470. The fourth-order valence-corrected chi connectivity index (χ4v) is 7.44. The number of hydrogen-bond acceptors (Lipinski definition) is 7. The van der Waals surface area contributed by atoms with Crippen molar-refractivity contribution >= 4 is 23.5 Å². The average Bonchev–Trinajstić information content (AvgIpc) is 3.27. The quantitative estimate of drug-likeness (QED) is 0.207. The Hall–Kier alpha value is -4.53. The van der Waals surface area contributed by atoms with Crippen LogP contribution in [0.3, 0.4) is 0 Å². The van der Waals surface area contributed by atoms with Gasteiger partial charge in [0, 0.05) is 23.3 Å². The second-order valence-electron chi connectivity index (χ2n) is 10.1. The number of hydrogen-bond donors (Lipinski definition) is 0. The zero-order valence-electron chi connectivity index (χ0n) is 20.1. The number of rotatable bonds is 7. The first-order valence-electron chi connectivity index (χ1n) is 12.5. The van der Waals surface area contributed by atoms with Crippen LogP contribution < -0.4 is 4.74 Å². The maximum atomic E-state index is 13.6. The first-order chi connectivity index (χ1) is 18.5. The first kappa shape index (κ1) is 22.7. The Kier molecular flexibility index (Phi) is 4.76. The van der Waals surface area contributed by atoms with Gasteiger partial charge in [0.1, 0.15) is 6.61 Å². The number of nitro benzene ring substituents is 1. The van der Waals surface area contributed by atoms with Gasteiger partial charge >= 0.3 is 11.7 Å². The van der Waals surface area contributed by atoms with Crippen LogP contribution in [0.2, 0.25) is 0 Å². The van der Waals surface area contributed by atoms with E-state index in [4.69, 9.17) is 9.47 Å². The van der Waals surface area contributed by atoms with Crippen LogP contribution in [-0.4, -0.2) is 47.4 Å². The summed E-state index contributed by atoms with van der Waals surface area (Å²) in [7, 11) is 0. The van der Waals surface area contributed by atoms with Crippen LogP contribution in [-0.2, 0) is 24.5 Å². The first-order valence-corrected chi connectivity index (χ1v) is 12.5. The van der Waals surface area contributed by atoms with E-state index in [-0.39, 0.29) is 53.7 Å². The average molecular weight is 511 g/mol. The highest BCUT2D eigenvalue weighted by Crippen LogP contribution is 2.80. The number of nitrogens with zero attached hydrogens (tertiary/aromatic N) is 2. The highest BCUT2D eigenvalue weighted by Gasteiger charge is 2.78. The predicted octanol–water partition coefficient (Wildman–Crippen LogP) is 3.31. The van der Waals surface area contributed by atoms with Crippen LogP contribution in [0.5, 0.6) is 5.75 Å². The smallest absolute Gasteiger partial charge is 0.344 e. The zero-order chi connectivity index (χ0) is 26.2. The van der Waals surface area contributed by atoms with Crippen molar-refractivity contribution in [2.24, 2.45) is 11.8 Å². The molecule has 7 rings (SSSR count). The second-order valence-corrected chi connectivity index (χ2v) is 10.1. The molecule has 1 aliphatic heterocycles. The van der Waals surface area contributed by atoms with E-state index in [1.54, 1.807) is 6.07 Å². The fourth-order valence-electron chi connectivity index (χ4n) is 7.44. The van der Waals surface area contributed by atoms with Crippen molar-refractivity contribution in [1.82, 2.24) is 4.90 Å². The number of benzene rings is 3. The second kappa shape index (κ2) is 7.98. The molecule has 4 aliphatic rings. The van der Waals surface area contributed by atoms with Crippen molar-refractivity contribution in [3.05, 3.63) is 105 Å². The van der Waals surface area contributed by atoms with E-state index >= 15 is 0 Å². The van der Waals surface area contributed by atoms with E-state index < -0.39 is 29.3 Å². The molecule has 0 radical (unpaired) electrons. The number of imide groups is 1. The highest BCUT2D eigenvalue weighted by molar-refractivity contribution is 6.08. The SMILES string of the molecule is O=C(COc1ccccc1[N+](=O)[O-])OCCN1C(=O)[C@H]2[C@H](C1=O)[C@H]1c3ccccc3C13c1ccccc1[C@H]23. The summed E-state index contributed by atoms with van der Waals surface area (Å²) in [5.74, 6) is -2.18. The molecule has 1 saturated carbocycles. The molecule has 3 aliphatic carbocycles. The van der Waals surface area contributed by atoms with Gasteiger partial charge in [-0.2, -0.15) is 0 Å². The van der Waals surface area contributed by atoms with E-state index in [0.717, 1.165) is 11.1 Å². The molecule has 2 fully saturated rings. The molecular weight excluding hydrogens is 488 g/mol. The van der Waals surface area contributed by atoms with Crippen LogP contribution in [0.15, 0.2) is 72.8 Å². The maximum absolute atomic E-state index is 13.6. The third kappa shape index (κ3) is 2.73. The molecule has 1 spiro atoms. The lowest BCUT2D eigenvalue weighted by Crippen LogP contribution is -2.55. The molecule has 0 N–H and O–H groups in total. The third-order valence-electron chi connectivity index (χ3n) is 8.66. The van der Waals surface area contributed by atoms with Crippen LogP contribution in [0.1, 0.15) is 34.1 Å². The van der Waals surface area contributed by atoms with Crippen LogP contribution in [0.4, 0.5) is 5.69 Å². The monoisotopic (exact) mass is 510 g/mol. The summed E-state index contributed by atoms with van der Waals surface area (Å²) >= 11 is 0. The molecule has 0 bridgehead atoms. The van der Waals surface area contributed by atoms with E-state index in [0.29, 0.717) is 0 Å². The molecule has 0 unspecified atom stereocenters. The van der Waals surface area contributed by atoms with Crippen molar-refractivity contribution in [2.45, 2.75) is 17.3 Å². The molecule has 0 aromatic heterocycles. The Labute approximate surface area is 217 Å². The summed E-state index contributed by atoms with van der Waals surface area (Å²) < 4.78 is 10.5. The lowest BCUT2D eigenvalue weighted by atomic mass is 9.43. The lowest BCUT2D eigenvalue weighted by Gasteiger charge is -2.59. The number of esters is 1. The normalized spacial score (nSPS) is 27.2. The number of likely N-dealkylation sites (tertiary alicyclic amines) is 1. The summed E-state index contributed by atoms with van der Waals surface area (Å²) in [6.45, 7) is -0.750. The summed E-state index contributed by atoms with van der Waals surface area (Å²) in [5, 5.41) is 11.1. The van der Waals surface area contributed by atoms with Crippen molar-refractivity contribution in [2.75, 3.05) is 19.8 Å². The number of carbonyl (C=O) groups is 3.